The highest BCUT2D eigenvalue weighted by Crippen LogP contribution is 2.27. The average Bonchev–Trinajstić information content (AvgIpc) is 2.87. The first-order valence-corrected chi connectivity index (χ1v) is 4.46. The van der Waals surface area contributed by atoms with Crippen molar-refractivity contribution in [2.24, 2.45) is 0 Å². The van der Waals surface area contributed by atoms with Crippen molar-refractivity contribution in [2.75, 3.05) is 0 Å². The van der Waals surface area contributed by atoms with Gasteiger partial charge in [0.15, 0.2) is 0 Å². The van der Waals surface area contributed by atoms with E-state index >= 15 is 0 Å². The molecule has 2 heteroatoms. The minimum Gasteiger partial charge on any atom is -0.490 e. The van der Waals surface area contributed by atoms with E-state index in [2.05, 4.69) is 6.07 Å². The predicted octanol–water partition coefficient (Wildman–Crippen LogP) is 2.41. The molecule has 2 rings (SSSR count). The first-order chi connectivity index (χ1) is 6.28. The van der Waals surface area contributed by atoms with E-state index in [0.717, 1.165) is 24.2 Å². The van der Waals surface area contributed by atoms with Crippen LogP contribution in [-0.4, -0.2) is 6.10 Å². The summed E-state index contributed by atoms with van der Waals surface area (Å²) >= 11 is 0. The molecule has 0 bridgehead atoms. The number of nitriles is 1. The number of nitrogens with zero attached hydrogens (tertiary/aromatic N) is 1. The molecular weight excluding hydrogens is 162 g/mol. The van der Waals surface area contributed by atoms with Gasteiger partial charge in [0.25, 0.3) is 0 Å². The lowest BCUT2D eigenvalue weighted by atomic mass is 10.1. The monoisotopic (exact) mass is 173 g/mol. The number of ether oxygens (including phenoxy) is 1. The second kappa shape index (κ2) is 3.10. The van der Waals surface area contributed by atoms with E-state index in [9.17, 15) is 0 Å². The van der Waals surface area contributed by atoms with Crippen LogP contribution >= 0.6 is 0 Å². The Kier molecular flexibility index (Phi) is 1.94. The molecule has 0 radical (unpaired) electrons. The highest BCUT2D eigenvalue weighted by Gasteiger charge is 2.23. The molecule has 1 aliphatic rings. The Morgan fingerprint density at radius 2 is 2.15 bits per heavy atom. The molecule has 0 aromatic heterocycles. The van der Waals surface area contributed by atoms with E-state index in [-0.39, 0.29) is 0 Å². The number of rotatable bonds is 2. The molecule has 13 heavy (non-hydrogen) atoms. The minimum atomic E-state index is 0.397. The minimum absolute atomic E-state index is 0.397. The van der Waals surface area contributed by atoms with E-state index in [1.165, 1.54) is 0 Å². The first-order valence-electron chi connectivity index (χ1n) is 4.46. The number of hydrogen-bond donors (Lipinski definition) is 0. The van der Waals surface area contributed by atoms with Crippen molar-refractivity contribution in [3.05, 3.63) is 29.3 Å². The molecule has 1 fully saturated rings. The summed E-state index contributed by atoms with van der Waals surface area (Å²) < 4.78 is 5.60. The normalized spacial score (nSPS) is 15.1. The standard InChI is InChI=1S/C11H11NO/c1-8-4-9(7-12)6-11(5-8)13-10-2-3-10/h4-6,10H,2-3H2,1H3. The molecule has 0 atom stereocenters. The second-order valence-electron chi connectivity index (χ2n) is 3.46. The van der Waals surface area contributed by atoms with Crippen molar-refractivity contribution < 1.29 is 4.74 Å². The van der Waals surface area contributed by atoms with Gasteiger partial charge in [0.1, 0.15) is 5.75 Å². The second-order valence-corrected chi connectivity index (χ2v) is 3.46. The Morgan fingerprint density at radius 1 is 1.38 bits per heavy atom. The Hall–Kier alpha value is -1.49. The Bertz CT molecular complexity index is 361. The van der Waals surface area contributed by atoms with Gasteiger partial charge >= 0.3 is 0 Å². The molecule has 0 amide bonds. The molecule has 2 nitrogen and oxygen atoms in total. The summed E-state index contributed by atoms with van der Waals surface area (Å²) in [6.07, 6.45) is 2.69. The fraction of sp³-hybridized carbons (Fsp3) is 0.364. The molecule has 0 spiro atoms. The van der Waals surface area contributed by atoms with E-state index in [0.29, 0.717) is 11.7 Å². The summed E-state index contributed by atoms with van der Waals surface area (Å²) in [5, 5.41) is 8.73. The molecular formula is C11H11NO. The molecule has 1 aliphatic carbocycles. The van der Waals surface area contributed by atoms with Crippen molar-refractivity contribution in [2.45, 2.75) is 25.9 Å². The fourth-order valence-electron chi connectivity index (χ4n) is 1.26. The highest BCUT2D eigenvalue weighted by molar-refractivity contribution is 5.40. The predicted molar refractivity (Wildman–Crippen MR) is 49.5 cm³/mol. The maximum absolute atomic E-state index is 8.73. The van der Waals surface area contributed by atoms with Gasteiger partial charge in [-0.25, -0.2) is 0 Å². The van der Waals surface area contributed by atoms with Crippen LogP contribution in [0.5, 0.6) is 5.75 Å². The summed E-state index contributed by atoms with van der Waals surface area (Å²) in [5.74, 6) is 0.832. The maximum Gasteiger partial charge on any atom is 0.121 e. The lowest BCUT2D eigenvalue weighted by Gasteiger charge is -2.05. The van der Waals surface area contributed by atoms with Crippen LogP contribution in [-0.2, 0) is 0 Å². The van der Waals surface area contributed by atoms with E-state index in [1.54, 1.807) is 6.07 Å². The van der Waals surface area contributed by atoms with Crippen molar-refractivity contribution in [3.8, 4) is 11.8 Å². The lowest BCUT2D eigenvalue weighted by molar-refractivity contribution is 0.303. The molecule has 1 aromatic carbocycles. The van der Waals surface area contributed by atoms with E-state index in [4.69, 9.17) is 10.00 Å². The molecule has 66 valence electrons. The molecule has 0 heterocycles. The van der Waals surface area contributed by atoms with Gasteiger partial charge in [-0.3, -0.25) is 0 Å². The van der Waals surface area contributed by atoms with Gasteiger partial charge < -0.3 is 4.74 Å². The zero-order valence-corrected chi connectivity index (χ0v) is 7.58. The molecule has 0 saturated heterocycles. The van der Waals surface area contributed by atoms with Gasteiger partial charge in [0.2, 0.25) is 0 Å². The van der Waals surface area contributed by atoms with E-state index < -0.39 is 0 Å². The van der Waals surface area contributed by atoms with Gasteiger partial charge in [-0.15, -0.1) is 0 Å². The number of benzene rings is 1. The maximum atomic E-state index is 8.73. The first kappa shape index (κ1) is 8.12. The highest BCUT2D eigenvalue weighted by atomic mass is 16.5. The third-order valence-electron chi connectivity index (χ3n) is 2.01. The molecule has 0 N–H and O–H groups in total. The summed E-state index contributed by atoms with van der Waals surface area (Å²) in [4.78, 5) is 0. The van der Waals surface area contributed by atoms with Crippen LogP contribution in [0.2, 0.25) is 0 Å². The molecule has 0 aliphatic heterocycles. The smallest absolute Gasteiger partial charge is 0.121 e. The Labute approximate surface area is 77.8 Å². The quantitative estimate of drug-likeness (QED) is 0.688. The average molecular weight is 173 g/mol. The van der Waals surface area contributed by atoms with Crippen LogP contribution in [0.4, 0.5) is 0 Å². The molecule has 1 saturated carbocycles. The summed E-state index contributed by atoms with van der Waals surface area (Å²) in [6, 6.07) is 7.75. The topological polar surface area (TPSA) is 33.0 Å². The molecule has 1 aromatic rings. The SMILES string of the molecule is Cc1cc(C#N)cc(OC2CC2)c1. The Balaban J connectivity index is 2.24. The summed E-state index contributed by atoms with van der Waals surface area (Å²) in [7, 11) is 0. The summed E-state index contributed by atoms with van der Waals surface area (Å²) in [5.41, 5.74) is 1.75. The van der Waals surface area contributed by atoms with Crippen LogP contribution in [0.1, 0.15) is 24.0 Å². The molecule has 0 unspecified atom stereocenters. The summed E-state index contributed by atoms with van der Waals surface area (Å²) in [6.45, 7) is 1.97. The van der Waals surface area contributed by atoms with Crippen LogP contribution in [0.15, 0.2) is 18.2 Å². The zero-order chi connectivity index (χ0) is 9.26. The van der Waals surface area contributed by atoms with Crippen molar-refractivity contribution >= 4 is 0 Å². The van der Waals surface area contributed by atoms with Gasteiger partial charge in [-0.2, -0.15) is 5.26 Å². The number of hydrogen-bond acceptors (Lipinski definition) is 2. The van der Waals surface area contributed by atoms with Crippen molar-refractivity contribution in [3.63, 3.8) is 0 Å². The van der Waals surface area contributed by atoms with Crippen LogP contribution < -0.4 is 4.74 Å². The lowest BCUT2D eigenvalue weighted by Crippen LogP contribution is -1.96. The largest absolute Gasteiger partial charge is 0.490 e. The third-order valence-corrected chi connectivity index (χ3v) is 2.01. The van der Waals surface area contributed by atoms with Crippen LogP contribution in [0.3, 0.4) is 0 Å². The third kappa shape index (κ3) is 2.00. The van der Waals surface area contributed by atoms with Crippen LogP contribution in [0.25, 0.3) is 0 Å². The van der Waals surface area contributed by atoms with Crippen LogP contribution in [0, 0.1) is 18.3 Å². The van der Waals surface area contributed by atoms with Crippen molar-refractivity contribution in [1.82, 2.24) is 0 Å². The van der Waals surface area contributed by atoms with Gasteiger partial charge in [-0.05, 0) is 43.5 Å². The van der Waals surface area contributed by atoms with Gasteiger partial charge in [0.05, 0.1) is 17.7 Å². The fourth-order valence-corrected chi connectivity index (χ4v) is 1.26. The van der Waals surface area contributed by atoms with Crippen molar-refractivity contribution in [1.29, 1.82) is 5.26 Å². The Morgan fingerprint density at radius 3 is 2.77 bits per heavy atom. The zero-order valence-electron chi connectivity index (χ0n) is 7.58. The number of aryl methyl sites for hydroxylation is 1. The van der Waals surface area contributed by atoms with Gasteiger partial charge in [0, 0.05) is 0 Å². The van der Waals surface area contributed by atoms with Gasteiger partial charge in [-0.1, -0.05) is 0 Å². The van der Waals surface area contributed by atoms with E-state index in [1.807, 2.05) is 19.1 Å².